The first-order valence-electron chi connectivity index (χ1n) is 11.7. The van der Waals surface area contributed by atoms with Crippen molar-refractivity contribution in [2.75, 3.05) is 38.3 Å². The Morgan fingerprint density at radius 1 is 1.12 bits per heavy atom. The number of morpholine rings is 1. The molecule has 0 saturated carbocycles. The summed E-state index contributed by atoms with van der Waals surface area (Å²) in [6, 6.07) is 8.39. The third-order valence-corrected chi connectivity index (χ3v) is 7.86. The number of aromatic nitrogens is 2. The summed E-state index contributed by atoms with van der Waals surface area (Å²) in [4.78, 5) is 36.7. The second-order valence-electron chi connectivity index (χ2n) is 8.96. The Hall–Kier alpha value is -2.71. The molecule has 1 amide bonds. The van der Waals surface area contributed by atoms with Gasteiger partial charge in [-0.25, -0.2) is 4.98 Å². The lowest BCUT2D eigenvalue weighted by Gasteiger charge is -2.29. The van der Waals surface area contributed by atoms with Gasteiger partial charge in [-0.1, -0.05) is 18.6 Å². The molecule has 1 saturated heterocycles. The highest BCUT2D eigenvalue weighted by atomic mass is 32.1. The molecule has 0 aliphatic carbocycles. The summed E-state index contributed by atoms with van der Waals surface area (Å²) in [5.41, 5.74) is 3.02. The van der Waals surface area contributed by atoms with Gasteiger partial charge < -0.3 is 14.5 Å². The van der Waals surface area contributed by atoms with Gasteiger partial charge in [-0.2, -0.15) is 0 Å². The maximum Gasteiger partial charge on any atom is 0.264 e. The molecule has 174 valence electrons. The standard InChI is InChI=1S/C25H30N4O3S/c1-17-21-23(26-20-6-4-3-5-11-29(20)24(21)30)33-22(17)25(31)27(2)16-18-7-9-19(10-8-18)28-12-14-32-15-13-28/h7-10H,3-6,11-16H2,1-2H3. The lowest BCUT2D eigenvalue weighted by atomic mass is 10.1. The van der Waals surface area contributed by atoms with Crippen LogP contribution in [0, 0.1) is 6.92 Å². The normalized spacial score (nSPS) is 16.5. The van der Waals surface area contributed by atoms with Crippen LogP contribution in [0.4, 0.5) is 5.69 Å². The molecule has 2 aromatic heterocycles. The Bertz CT molecular complexity index is 1230. The molecule has 0 atom stereocenters. The monoisotopic (exact) mass is 466 g/mol. The third-order valence-electron chi connectivity index (χ3n) is 6.68. The maximum atomic E-state index is 13.3. The number of benzene rings is 1. The number of amides is 1. The second kappa shape index (κ2) is 9.27. The fourth-order valence-corrected chi connectivity index (χ4v) is 5.95. The minimum Gasteiger partial charge on any atom is -0.378 e. The number of rotatable bonds is 4. The van der Waals surface area contributed by atoms with E-state index in [9.17, 15) is 9.59 Å². The third kappa shape index (κ3) is 4.29. The Balaban J connectivity index is 1.36. The predicted molar refractivity (Wildman–Crippen MR) is 131 cm³/mol. The zero-order valence-corrected chi connectivity index (χ0v) is 20.1. The summed E-state index contributed by atoms with van der Waals surface area (Å²) in [5.74, 6) is 0.798. The Morgan fingerprint density at radius 3 is 2.64 bits per heavy atom. The Kier molecular flexibility index (Phi) is 6.21. The summed E-state index contributed by atoms with van der Waals surface area (Å²) in [6.45, 7) is 6.43. The summed E-state index contributed by atoms with van der Waals surface area (Å²) >= 11 is 1.35. The van der Waals surface area contributed by atoms with Crippen molar-refractivity contribution in [3.05, 3.63) is 56.4 Å². The van der Waals surface area contributed by atoms with Crippen molar-refractivity contribution >= 4 is 33.1 Å². The van der Waals surface area contributed by atoms with E-state index in [-0.39, 0.29) is 11.5 Å². The van der Waals surface area contributed by atoms with Gasteiger partial charge in [0.1, 0.15) is 10.7 Å². The Morgan fingerprint density at radius 2 is 1.88 bits per heavy atom. The minimum atomic E-state index is -0.0626. The molecule has 1 fully saturated rings. The van der Waals surface area contributed by atoms with Gasteiger partial charge in [0, 0.05) is 45.3 Å². The molecule has 1 aromatic carbocycles. The van der Waals surface area contributed by atoms with Crippen molar-refractivity contribution in [2.45, 2.75) is 45.7 Å². The lowest BCUT2D eigenvalue weighted by Crippen LogP contribution is -2.36. The number of hydrogen-bond donors (Lipinski definition) is 0. The number of carbonyl (C=O) groups excluding carboxylic acids is 1. The first kappa shape index (κ1) is 22.1. The molecule has 3 aromatic rings. The van der Waals surface area contributed by atoms with E-state index in [0.717, 1.165) is 75.5 Å². The summed E-state index contributed by atoms with van der Waals surface area (Å²) in [7, 11) is 1.82. The molecular formula is C25H30N4O3S. The molecule has 33 heavy (non-hydrogen) atoms. The van der Waals surface area contributed by atoms with Crippen molar-refractivity contribution in [2.24, 2.45) is 0 Å². The predicted octanol–water partition coefficient (Wildman–Crippen LogP) is 3.60. The topological polar surface area (TPSA) is 67.7 Å². The molecule has 0 spiro atoms. The van der Waals surface area contributed by atoms with E-state index < -0.39 is 0 Å². The van der Waals surface area contributed by atoms with Crippen molar-refractivity contribution < 1.29 is 9.53 Å². The lowest BCUT2D eigenvalue weighted by molar-refractivity contribution is 0.0789. The van der Waals surface area contributed by atoms with Crippen molar-refractivity contribution in [1.82, 2.24) is 14.5 Å². The van der Waals surface area contributed by atoms with E-state index in [4.69, 9.17) is 9.72 Å². The molecule has 0 N–H and O–H groups in total. The maximum absolute atomic E-state index is 13.3. The number of nitrogens with zero attached hydrogens (tertiary/aromatic N) is 4. The number of ether oxygens (including phenoxy) is 1. The van der Waals surface area contributed by atoms with E-state index in [2.05, 4.69) is 29.2 Å². The first-order valence-corrected chi connectivity index (χ1v) is 12.5. The largest absolute Gasteiger partial charge is 0.378 e. The highest BCUT2D eigenvalue weighted by molar-refractivity contribution is 7.20. The van der Waals surface area contributed by atoms with Crippen LogP contribution >= 0.6 is 11.3 Å². The number of thiophene rings is 1. The fraction of sp³-hybridized carbons (Fsp3) is 0.480. The smallest absolute Gasteiger partial charge is 0.264 e. The first-order chi connectivity index (χ1) is 16.0. The van der Waals surface area contributed by atoms with Crippen LogP contribution in [-0.2, 0) is 24.2 Å². The van der Waals surface area contributed by atoms with E-state index in [1.165, 1.54) is 17.0 Å². The van der Waals surface area contributed by atoms with Crippen LogP contribution in [-0.4, -0.2) is 53.7 Å². The Labute approximate surface area is 197 Å². The molecule has 5 rings (SSSR count). The van der Waals surface area contributed by atoms with Crippen molar-refractivity contribution in [1.29, 1.82) is 0 Å². The molecule has 0 bridgehead atoms. The van der Waals surface area contributed by atoms with Gasteiger partial charge in [0.05, 0.1) is 23.5 Å². The number of fused-ring (bicyclic) bond motifs is 2. The van der Waals surface area contributed by atoms with E-state index in [1.54, 1.807) is 4.90 Å². The molecule has 0 radical (unpaired) electrons. The number of carbonyl (C=O) groups is 1. The number of hydrogen-bond acceptors (Lipinski definition) is 6. The van der Waals surface area contributed by atoms with Crippen LogP contribution in [0.3, 0.4) is 0 Å². The number of aryl methyl sites for hydroxylation is 2. The van der Waals surface area contributed by atoms with Gasteiger partial charge >= 0.3 is 0 Å². The van der Waals surface area contributed by atoms with Gasteiger partial charge in [-0.3, -0.25) is 14.2 Å². The minimum absolute atomic E-state index is 0.00561. The van der Waals surface area contributed by atoms with Crippen LogP contribution < -0.4 is 10.5 Å². The van der Waals surface area contributed by atoms with E-state index in [0.29, 0.717) is 21.6 Å². The van der Waals surface area contributed by atoms with Gasteiger partial charge in [0.2, 0.25) is 0 Å². The van der Waals surface area contributed by atoms with Crippen LogP contribution in [0.5, 0.6) is 0 Å². The average Bonchev–Trinajstić information content (AvgIpc) is 3.00. The molecule has 8 heteroatoms. The average molecular weight is 467 g/mol. The van der Waals surface area contributed by atoms with Crippen LogP contribution in [0.15, 0.2) is 29.1 Å². The van der Waals surface area contributed by atoms with E-state index >= 15 is 0 Å². The van der Waals surface area contributed by atoms with Crippen molar-refractivity contribution in [3.8, 4) is 0 Å². The molecule has 2 aliphatic rings. The fourth-order valence-electron chi connectivity index (χ4n) is 4.77. The van der Waals surface area contributed by atoms with Gasteiger partial charge in [0.25, 0.3) is 11.5 Å². The van der Waals surface area contributed by atoms with Gasteiger partial charge in [-0.15, -0.1) is 11.3 Å². The SMILES string of the molecule is Cc1c(C(=O)N(C)Cc2ccc(N3CCOCC3)cc2)sc2nc3n(c(=O)c12)CCCCC3. The zero-order chi connectivity index (χ0) is 22.9. The van der Waals surface area contributed by atoms with Crippen LogP contribution in [0.1, 0.15) is 45.9 Å². The zero-order valence-electron chi connectivity index (χ0n) is 19.3. The van der Waals surface area contributed by atoms with Crippen molar-refractivity contribution in [3.63, 3.8) is 0 Å². The second-order valence-corrected chi connectivity index (χ2v) is 9.96. The quantitative estimate of drug-likeness (QED) is 0.588. The molecule has 7 nitrogen and oxygen atoms in total. The molecule has 0 unspecified atom stereocenters. The van der Waals surface area contributed by atoms with Gasteiger partial charge in [-0.05, 0) is 43.0 Å². The van der Waals surface area contributed by atoms with Crippen LogP contribution in [0.25, 0.3) is 10.2 Å². The van der Waals surface area contributed by atoms with Gasteiger partial charge in [0.15, 0.2) is 0 Å². The summed E-state index contributed by atoms with van der Waals surface area (Å²) < 4.78 is 7.25. The summed E-state index contributed by atoms with van der Waals surface area (Å²) in [6.07, 6.45) is 4.01. The molecular weight excluding hydrogens is 436 g/mol. The highest BCUT2D eigenvalue weighted by Crippen LogP contribution is 2.29. The summed E-state index contributed by atoms with van der Waals surface area (Å²) in [5, 5.41) is 0.609. The number of anilines is 1. The molecule has 4 heterocycles. The highest BCUT2D eigenvalue weighted by Gasteiger charge is 2.24. The van der Waals surface area contributed by atoms with Crippen LogP contribution in [0.2, 0.25) is 0 Å². The molecule has 2 aliphatic heterocycles. The van der Waals surface area contributed by atoms with E-state index in [1.807, 2.05) is 18.5 Å².